The molecule has 0 aliphatic carbocycles. The molecule has 0 aromatic rings. The molecule has 0 spiro atoms. The lowest BCUT2D eigenvalue weighted by Gasteiger charge is -2.45. The summed E-state index contributed by atoms with van der Waals surface area (Å²) < 4.78 is 16.1. The third-order valence-electron chi connectivity index (χ3n) is 4.81. The summed E-state index contributed by atoms with van der Waals surface area (Å²) in [7, 11) is 1.69. The number of esters is 1. The van der Waals surface area contributed by atoms with Crippen LogP contribution in [0.3, 0.4) is 0 Å². The van der Waals surface area contributed by atoms with Crippen LogP contribution >= 0.6 is 0 Å². The van der Waals surface area contributed by atoms with E-state index in [0.29, 0.717) is 19.3 Å². The molecule has 0 amide bonds. The van der Waals surface area contributed by atoms with Gasteiger partial charge in [0.1, 0.15) is 0 Å². The summed E-state index contributed by atoms with van der Waals surface area (Å²) >= 11 is 0. The maximum absolute atomic E-state index is 12.5. The number of methoxy groups -OCH3 is 1. The zero-order chi connectivity index (χ0) is 15.1. The van der Waals surface area contributed by atoms with Gasteiger partial charge in [0.2, 0.25) is 0 Å². The normalized spacial score (nSPS) is 28.5. The summed E-state index contributed by atoms with van der Waals surface area (Å²) in [5.41, 5.74) is -0.386. The largest absolute Gasteiger partial charge is 0.466 e. The van der Waals surface area contributed by atoms with E-state index in [0.717, 1.165) is 58.4 Å². The quantitative estimate of drug-likeness (QED) is 0.701. The number of hydrogen-bond donors (Lipinski definition) is 0. The Hall–Kier alpha value is -0.650. The Kier molecular flexibility index (Phi) is 6.45. The smallest absolute Gasteiger partial charge is 0.313 e. The van der Waals surface area contributed by atoms with Crippen molar-refractivity contribution < 1.29 is 19.0 Å². The molecule has 5 heteroatoms. The molecule has 0 aromatic heterocycles. The van der Waals surface area contributed by atoms with Crippen LogP contribution in [0.15, 0.2) is 0 Å². The number of ether oxygens (including phenoxy) is 3. The first-order valence-corrected chi connectivity index (χ1v) is 8.20. The number of piperidine rings is 1. The maximum atomic E-state index is 12.5. The van der Waals surface area contributed by atoms with Gasteiger partial charge in [0.25, 0.3) is 0 Å². The van der Waals surface area contributed by atoms with Crippen LogP contribution in [0, 0.1) is 5.41 Å². The fraction of sp³-hybridized carbons (Fsp3) is 0.938. The number of hydrogen-bond acceptors (Lipinski definition) is 5. The number of rotatable bonds is 6. The van der Waals surface area contributed by atoms with Crippen molar-refractivity contribution in [3.05, 3.63) is 0 Å². The third kappa shape index (κ3) is 4.18. The van der Waals surface area contributed by atoms with Gasteiger partial charge in [0, 0.05) is 39.5 Å². The minimum atomic E-state index is -0.386. The summed E-state index contributed by atoms with van der Waals surface area (Å²) in [6.07, 6.45) is 4.86. The van der Waals surface area contributed by atoms with Crippen molar-refractivity contribution in [2.24, 2.45) is 5.41 Å². The molecule has 0 radical (unpaired) electrons. The molecule has 2 saturated heterocycles. The predicted octanol–water partition coefficient (Wildman–Crippen LogP) is 1.85. The Bertz CT molecular complexity index is 330. The van der Waals surface area contributed by atoms with Crippen molar-refractivity contribution in [1.82, 2.24) is 4.90 Å². The molecule has 2 aliphatic heterocycles. The first-order valence-electron chi connectivity index (χ1n) is 8.20. The average molecular weight is 299 g/mol. The summed E-state index contributed by atoms with van der Waals surface area (Å²) in [5.74, 6) is -0.0428. The molecular formula is C16H29NO4. The van der Waals surface area contributed by atoms with Crippen LogP contribution in [0.2, 0.25) is 0 Å². The molecule has 122 valence electrons. The first kappa shape index (κ1) is 16.7. The van der Waals surface area contributed by atoms with Gasteiger partial charge in [0.05, 0.1) is 12.0 Å². The molecule has 0 saturated carbocycles. The zero-order valence-electron chi connectivity index (χ0n) is 13.4. The predicted molar refractivity (Wildman–Crippen MR) is 80.2 cm³/mol. The number of carbonyl (C=O) groups excluding carboxylic acids is 1. The van der Waals surface area contributed by atoms with Crippen LogP contribution in [0.25, 0.3) is 0 Å². The van der Waals surface area contributed by atoms with Crippen molar-refractivity contribution in [2.45, 2.75) is 45.1 Å². The first-order chi connectivity index (χ1) is 10.2. The van der Waals surface area contributed by atoms with Gasteiger partial charge in [-0.1, -0.05) is 0 Å². The van der Waals surface area contributed by atoms with E-state index in [1.54, 1.807) is 7.11 Å². The average Bonchev–Trinajstić information content (AvgIpc) is 2.54. The van der Waals surface area contributed by atoms with Gasteiger partial charge in [-0.25, -0.2) is 0 Å². The van der Waals surface area contributed by atoms with Gasteiger partial charge in [-0.2, -0.15) is 0 Å². The molecule has 2 rings (SSSR count). The molecule has 0 aromatic carbocycles. The van der Waals surface area contributed by atoms with Gasteiger partial charge in [-0.15, -0.1) is 0 Å². The Balaban J connectivity index is 2.05. The molecule has 1 atom stereocenters. The molecular weight excluding hydrogens is 270 g/mol. The van der Waals surface area contributed by atoms with Gasteiger partial charge < -0.3 is 14.2 Å². The van der Waals surface area contributed by atoms with Crippen LogP contribution in [-0.4, -0.2) is 63.5 Å². The van der Waals surface area contributed by atoms with E-state index in [9.17, 15) is 4.79 Å². The van der Waals surface area contributed by atoms with E-state index in [-0.39, 0.29) is 11.4 Å². The Morgan fingerprint density at radius 2 is 2.14 bits per heavy atom. The minimum absolute atomic E-state index is 0.0428. The highest BCUT2D eigenvalue weighted by Gasteiger charge is 2.44. The van der Waals surface area contributed by atoms with Gasteiger partial charge in [0.15, 0.2) is 0 Å². The second kappa shape index (κ2) is 8.11. The minimum Gasteiger partial charge on any atom is -0.466 e. The fourth-order valence-corrected chi connectivity index (χ4v) is 3.58. The van der Waals surface area contributed by atoms with Gasteiger partial charge in [-0.3, -0.25) is 9.69 Å². The van der Waals surface area contributed by atoms with Gasteiger partial charge >= 0.3 is 5.97 Å². The highest BCUT2D eigenvalue weighted by Crippen LogP contribution is 2.37. The zero-order valence-corrected chi connectivity index (χ0v) is 13.4. The van der Waals surface area contributed by atoms with Crippen LogP contribution in [0.4, 0.5) is 0 Å². The fourth-order valence-electron chi connectivity index (χ4n) is 3.58. The third-order valence-corrected chi connectivity index (χ3v) is 4.81. The Morgan fingerprint density at radius 3 is 2.81 bits per heavy atom. The van der Waals surface area contributed by atoms with Crippen molar-refractivity contribution in [2.75, 3.05) is 46.6 Å². The number of carbonyl (C=O) groups is 1. The van der Waals surface area contributed by atoms with Crippen LogP contribution < -0.4 is 0 Å². The van der Waals surface area contributed by atoms with Crippen molar-refractivity contribution >= 4 is 5.97 Å². The highest BCUT2D eigenvalue weighted by atomic mass is 16.5. The number of likely N-dealkylation sites (tertiary alicyclic amines) is 1. The molecule has 21 heavy (non-hydrogen) atoms. The van der Waals surface area contributed by atoms with E-state index >= 15 is 0 Å². The second-order valence-corrected chi connectivity index (χ2v) is 6.16. The van der Waals surface area contributed by atoms with E-state index < -0.39 is 0 Å². The van der Waals surface area contributed by atoms with E-state index in [1.165, 1.54) is 0 Å². The molecule has 5 nitrogen and oxygen atoms in total. The SMILES string of the molecule is CCOC(=O)[C@@]1(CCOC)CCCN(C2CCOCC2)C1. The lowest BCUT2D eigenvalue weighted by molar-refractivity contribution is -0.162. The van der Waals surface area contributed by atoms with Crippen molar-refractivity contribution in [3.63, 3.8) is 0 Å². The lowest BCUT2D eigenvalue weighted by Crippen LogP contribution is -2.53. The second-order valence-electron chi connectivity index (χ2n) is 6.16. The van der Waals surface area contributed by atoms with Crippen LogP contribution in [-0.2, 0) is 19.0 Å². The summed E-state index contributed by atoms with van der Waals surface area (Å²) in [6.45, 7) is 6.50. The van der Waals surface area contributed by atoms with Crippen molar-refractivity contribution in [1.29, 1.82) is 0 Å². The summed E-state index contributed by atoms with van der Waals surface area (Å²) in [4.78, 5) is 15.0. The molecule has 2 heterocycles. The van der Waals surface area contributed by atoms with E-state index in [2.05, 4.69) is 4.90 Å². The monoisotopic (exact) mass is 299 g/mol. The molecule has 0 unspecified atom stereocenters. The highest BCUT2D eigenvalue weighted by molar-refractivity contribution is 5.77. The maximum Gasteiger partial charge on any atom is 0.313 e. The summed E-state index contributed by atoms with van der Waals surface area (Å²) in [5, 5.41) is 0. The molecule has 0 N–H and O–H groups in total. The molecule has 2 aliphatic rings. The van der Waals surface area contributed by atoms with Crippen molar-refractivity contribution in [3.8, 4) is 0 Å². The van der Waals surface area contributed by atoms with E-state index in [4.69, 9.17) is 14.2 Å². The van der Waals surface area contributed by atoms with Gasteiger partial charge in [-0.05, 0) is 45.6 Å². The number of nitrogens with zero attached hydrogens (tertiary/aromatic N) is 1. The Morgan fingerprint density at radius 1 is 1.38 bits per heavy atom. The molecule has 0 bridgehead atoms. The standard InChI is InChI=1S/C16H29NO4/c1-3-21-15(18)16(8-12-19-2)7-4-9-17(13-16)14-5-10-20-11-6-14/h14H,3-13H2,1-2H3/t16-/m1/s1. The lowest BCUT2D eigenvalue weighted by atomic mass is 9.76. The topological polar surface area (TPSA) is 48.0 Å². The summed E-state index contributed by atoms with van der Waals surface area (Å²) in [6, 6.07) is 0.551. The molecule has 2 fully saturated rings. The van der Waals surface area contributed by atoms with Crippen LogP contribution in [0.5, 0.6) is 0 Å². The van der Waals surface area contributed by atoms with Crippen LogP contribution in [0.1, 0.15) is 39.0 Å². The Labute approximate surface area is 127 Å². The van der Waals surface area contributed by atoms with E-state index in [1.807, 2.05) is 6.92 Å².